The van der Waals surface area contributed by atoms with Crippen molar-refractivity contribution in [1.29, 1.82) is 0 Å². The van der Waals surface area contributed by atoms with Crippen molar-refractivity contribution in [3.63, 3.8) is 0 Å². The second-order valence-corrected chi connectivity index (χ2v) is 8.33. The maximum atomic E-state index is 12.8. The van der Waals surface area contributed by atoms with Gasteiger partial charge in [0.05, 0.1) is 22.3 Å². The van der Waals surface area contributed by atoms with Crippen LogP contribution in [0.3, 0.4) is 0 Å². The SMILES string of the molecule is CNC(=O)CNC1CCC(S(=O)(=O)c2cccc(C(F)(F)F)c2)CC1. The molecular formula is C16H21F3N2O3S. The van der Waals surface area contributed by atoms with Crippen molar-refractivity contribution in [2.45, 2.75) is 48.0 Å². The summed E-state index contributed by atoms with van der Waals surface area (Å²) < 4.78 is 63.6. The molecule has 0 bridgehead atoms. The summed E-state index contributed by atoms with van der Waals surface area (Å²) in [5.41, 5.74) is -0.963. The Morgan fingerprint density at radius 2 is 1.84 bits per heavy atom. The predicted molar refractivity (Wildman–Crippen MR) is 86.7 cm³/mol. The normalized spacial score (nSPS) is 21.8. The molecule has 0 saturated heterocycles. The number of carbonyl (C=O) groups is 1. The highest BCUT2D eigenvalue weighted by atomic mass is 32.2. The van der Waals surface area contributed by atoms with Crippen LogP contribution in [0.2, 0.25) is 0 Å². The first-order valence-corrected chi connectivity index (χ1v) is 9.54. The van der Waals surface area contributed by atoms with Crippen LogP contribution >= 0.6 is 0 Å². The summed E-state index contributed by atoms with van der Waals surface area (Å²) in [6.45, 7) is 0.159. The van der Waals surface area contributed by atoms with Crippen LogP contribution in [0.5, 0.6) is 0 Å². The fourth-order valence-electron chi connectivity index (χ4n) is 2.94. The summed E-state index contributed by atoms with van der Waals surface area (Å²) in [6, 6.07) is 3.92. The van der Waals surface area contributed by atoms with E-state index in [0.29, 0.717) is 31.7 Å². The van der Waals surface area contributed by atoms with Gasteiger partial charge < -0.3 is 10.6 Å². The molecule has 0 heterocycles. The molecule has 1 fully saturated rings. The number of benzene rings is 1. The van der Waals surface area contributed by atoms with Crippen LogP contribution in [-0.2, 0) is 20.8 Å². The fourth-order valence-corrected chi connectivity index (χ4v) is 4.78. The molecule has 1 aromatic rings. The van der Waals surface area contributed by atoms with Gasteiger partial charge >= 0.3 is 6.18 Å². The minimum absolute atomic E-state index is 0.0326. The van der Waals surface area contributed by atoms with Gasteiger partial charge in [-0.2, -0.15) is 13.2 Å². The van der Waals surface area contributed by atoms with Crippen LogP contribution in [0.15, 0.2) is 29.2 Å². The lowest BCUT2D eigenvalue weighted by Crippen LogP contribution is -2.41. The van der Waals surface area contributed by atoms with E-state index in [4.69, 9.17) is 0 Å². The van der Waals surface area contributed by atoms with E-state index in [2.05, 4.69) is 10.6 Å². The molecule has 1 saturated carbocycles. The number of hydrogen-bond donors (Lipinski definition) is 2. The molecule has 2 rings (SSSR count). The lowest BCUT2D eigenvalue weighted by atomic mass is 9.95. The van der Waals surface area contributed by atoms with Crippen molar-refractivity contribution >= 4 is 15.7 Å². The monoisotopic (exact) mass is 378 g/mol. The Kier molecular flexibility index (Phi) is 6.10. The first-order valence-electron chi connectivity index (χ1n) is 7.99. The molecule has 140 valence electrons. The zero-order chi connectivity index (χ0) is 18.7. The van der Waals surface area contributed by atoms with Crippen molar-refractivity contribution in [2.24, 2.45) is 0 Å². The number of halogens is 3. The zero-order valence-electron chi connectivity index (χ0n) is 13.8. The zero-order valence-corrected chi connectivity index (χ0v) is 14.6. The summed E-state index contributed by atoms with van der Waals surface area (Å²) in [4.78, 5) is 10.9. The summed E-state index contributed by atoms with van der Waals surface area (Å²) >= 11 is 0. The summed E-state index contributed by atoms with van der Waals surface area (Å²) in [5, 5.41) is 4.84. The van der Waals surface area contributed by atoms with Gasteiger partial charge in [-0.25, -0.2) is 8.42 Å². The van der Waals surface area contributed by atoms with Gasteiger partial charge in [0.1, 0.15) is 0 Å². The molecule has 1 aliphatic carbocycles. The molecule has 0 unspecified atom stereocenters. The third-order valence-electron chi connectivity index (χ3n) is 4.43. The van der Waals surface area contributed by atoms with Crippen LogP contribution in [-0.4, -0.2) is 39.2 Å². The quantitative estimate of drug-likeness (QED) is 0.823. The molecule has 5 nitrogen and oxygen atoms in total. The number of likely N-dealkylation sites (N-methyl/N-ethyl adjacent to an activating group) is 1. The third kappa shape index (κ3) is 4.94. The molecule has 1 aliphatic rings. The smallest absolute Gasteiger partial charge is 0.358 e. The van der Waals surface area contributed by atoms with E-state index in [1.807, 2.05) is 0 Å². The molecule has 1 aromatic carbocycles. The third-order valence-corrected chi connectivity index (χ3v) is 6.69. The topological polar surface area (TPSA) is 75.3 Å². The van der Waals surface area contributed by atoms with E-state index >= 15 is 0 Å². The van der Waals surface area contributed by atoms with Gasteiger partial charge in [0.25, 0.3) is 0 Å². The Morgan fingerprint density at radius 1 is 1.20 bits per heavy atom. The first-order chi connectivity index (χ1) is 11.6. The Balaban J connectivity index is 2.04. The van der Waals surface area contributed by atoms with E-state index in [1.165, 1.54) is 13.1 Å². The summed E-state index contributed by atoms with van der Waals surface area (Å²) in [6.07, 6.45) is -2.76. The van der Waals surface area contributed by atoms with Crippen LogP contribution in [0.4, 0.5) is 13.2 Å². The van der Waals surface area contributed by atoms with Gasteiger partial charge in [-0.15, -0.1) is 0 Å². The van der Waals surface area contributed by atoms with Gasteiger partial charge in [-0.1, -0.05) is 6.07 Å². The maximum absolute atomic E-state index is 12.8. The molecular weight excluding hydrogens is 357 g/mol. The Labute approximate surface area is 144 Å². The number of amides is 1. The average molecular weight is 378 g/mol. The van der Waals surface area contributed by atoms with Gasteiger partial charge in [0.2, 0.25) is 5.91 Å². The molecule has 0 radical (unpaired) electrons. The molecule has 0 aromatic heterocycles. The standard InChI is InChI=1S/C16H21F3N2O3S/c1-20-15(22)10-21-12-5-7-13(8-6-12)25(23,24)14-4-2-3-11(9-14)16(17,18)19/h2-4,9,12-13,21H,5-8,10H2,1H3,(H,20,22). The lowest BCUT2D eigenvalue weighted by Gasteiger charge is -2.29. The molecule has 2 N–H and O–H groups in total. The summed E-state index contributed by atoms with van der Waals surface area (Å²) in [5.74, 6) is -0.154. The van der Waals surface area contributed by atoms with E-state index in [0.717, 1.165) is 12.1 Å². The highest BCUT2D eigenvalue weighted by Crippen LogP contribution is 2.33. The second kappa shape index (κ2) is 7.74. The molecule has 0 aliphatic heterocycles. The Bertz CT molecular complexity index is 712. The highest BCUT2D eigenvalue weighted by Gasteiger charge is 2.35. The van der Waals surface area contributed by atoms with Gasteiger partial charge in [-0.05, 0) is 43.9 Å². The number of carbonyl (C=O) groups excluding carboxylic acids is 1. The molecule has 0 atom stereocenters. The second-order valence-electron chi connectivity index (χ2n) is 6.10. The van der Waals surface area contributed by atoms with Crippen molar-refractivity contribution < 1.29 is 26.4 Å². The summed E-state index contributed by atoms with van der Waals surface area (Å²) in [7, 11) is -2.28. The van der Waals surface area contributed by atoms with E-state index in [9.17, 15) is 26.4 Å². The van der Waals surface area contributed by atoms with Crippen molar-refractivity contribution in [1.82, 2.24) is 10.6 Å². The predicted octanol–water partition coefficient (Wildman–Crippen LogP) is 2.13. The molecule has 25 heavy (non-hydrogen) atoms. The molecule has 0 spiro atoms. The molecule has 9 heteroatoms. The number of rotatable bonds is 5. The highest BCUT2D eigenvalue weighted by molar-refractivity contribution is 7.92. The number of sulfone groups is 1. The van der Waals surface area contributed by atoms with Crippen LogP contribution in [0, 0.1) is 0 Å². The first kappa shape index (κ1) is 19.7. The number of alkyl halides is 3. The number of hydrogen-bond acceptors (Lipinski definition) is 4. The fraction of sp³-hybridized carbons (Fsp3) is 0.562. The lowest BCUT2D eigenvalue weighted by molar-refractivity contribution is -0.137. The minimum atomic E-state index is -4.58. The van der Waals surface area contributed by atoms with Gasteiger partial charge in [0.15, 0.2) is 9.84 Å². The largest absolute Gasteiger partial charge is 0.416 e. The average Bonchev–Trinajstić information content (AvgIpc) is 2.59. The van der Waals surface area contributed by atoms with E-state index in [-0.39, 0.29) is 23.4 Å². The van der Waals surface area contributed by atoms with Crippen molar-refractivity contribution in [2.75, 3.05) is 13.6 Å². The molecule has 1 amide bonds. The van der Waals surface area contributed by atoms with Crippen molar-refractivity contribution in [3.8, 4) is 0 Å². The van der Waals surface area contributed by atoms with Gasteiger partial charge in [0, 0.05) is 13.1 Å². The van der Waals surface area contributed by atoms with Gasteiger partial charge in [-0.3, -0.25) is 4.79 Å². The van der Waals surface area contributed by atoms with Crippen LogP contribution in [0.25, 0.3) is 0 Å². The van der Waals surface area contributed by atoms with E-state index in [1.54, 1.807) is 0 Å². The Hall–Kier alpha value is -1.61. The van der Waals surface area contributed by atoms with Crippen LogP contribution < -0.4 is 10.6 Å². The maximum Gasteiger partial charge on any atom is 0.416 e. The van der Waals surface area contributed by atoms with E-state index < -0.39 is 26.8 Å². The number of nitrogens with one attached hydrogen (secondary N) is 2. The van der Waals surface area contributed by atoms with Crippen molar-refractivity contribution in [3.05, 3.63) is 29.8 Å². The minimum Gasteiger partial charge on any atom is -0.358 e. The van der Waals surface area contributed by atoms with Crippen LogP contribution in [0.1, 0.15) is 31.2 Å². The Morgan fingerprint density at radius 3 is 2.40 bits per heavy atom.